The molecule has 0 aromatic carbocycles. The van der Waals surface area contributed by atoms with Crippen LogP contribution in [-0.2, 0) is 19.2 Å². The fourth-order valence-corrected chi connectivity index (χ4v) is 2.77. The SMILES string of the molecule is CSCCC(N)C(=O)NC(C)C(=O)NC(CS)C(=O)NC(C(=O)O)C(C)C. The van der Waals surface area contributed by atoms with Crippen molar-refractivity contribution in [2.75, 3.05) is 17.8 Å². The average molecular weight is 423 g/mol. The molecule has 0 aromatic rings. The second-order valence-electron chi connectivity index (χ2n) is 6.43. The van der Waals surface area contributed by atoms with Gasteiger partial charge in [0.15, 0.2) is 0 Å². The minimum atomic E-state index is -1.16. The minimum absolute atomic E-state index is 0.0318. The van der Waals surface area contributed by atoms with Crippen LogP contribution in [-0.4, -0.2) is 70.7 Å². The number of aliphatic carboxylic acids is 1. The minimum Gasteiger partial charge on any atom is -0.480 e. The molecule has 0 spiro atoms. The van der Waals surface area contributed by atoms with Crippen LogP contribution in [0.3, 0.4) is 0 Å². The number of nitrogens with one attached hydrogen (secondary N) is 3. The lowest BCUT2D eigenvalue weighted by molar-refractivity contribution is -0.143. The summed E-state index contributed by atoms with van der Waals surface area (Å²) in [5.74, 6) is -2.51. The standard InChI is InChI=1S/C16H30N4O5S2/c1-8(2)12(16(24)25)20-15(23)11(7-26)19-13(21)9(3)18-14(22)10(17)5-6-27-4/h8-12,26H,5-7,17H2,1-4H3,(H,18,22)(H,19,21)(H,20,23)(H,24,25). The van der Waals surface area contributed by atoms with Gasteiger partial charge in [-0.15, -0.1) is 0 Å². The summed E-state index contributed by atoms with van der Waals surface area (Å²) >= 11 is 5.59. The van der Waals surface area contributed by atoms with Gasteiger partial charge in [0.2, 0.25) is 17.7 Å². The maximum atomic E-state index is 12.3. The smallest absolute Gasteiger partial charge is 0.326 e. The third-order valence-electron chi connectivity index (χ3n) is 3.77. The van der Waals surface area contributed by atoms with Crippen LogP contribution in [0.5, 0.6) is 0 Å². The maximum Gasteiger partial charge on any atom is 0.326 e. The molecule has 6 N–H and O–H groups in total. The predicted octanol–water partition coefficient (Wildman–Crippen LogP) is -0.788. The van der Waals surface area contributed by atoms with Crippen molar-refractivity contribution in [2.45, 2.75) is 51.4 Å². The van der Waals surface area contributed by atoms with Crippen molar-refractivity contribution in [3.8, 4) is 0 Å². The fraction of sp³-hybridized carbons (Fsp3) is 0.750. The summed E-state index contributed by atoms with van der Waals surface area (Å²) in [6, 6.07) is -3.75. The molecular weight excluding hydrogens is 392 g/mol. The van der Waals surface area contributed by atoms with Gasteiger partial charge >= 0.3 is 5.97 Å². The highest BCUT2D eigenvalue weighted by Gasteiger charge is 2.29. The maximum absolute atomic E-state index is 12.3. The number of thiol groups is 1. The highest BCUT2D eigenvalue weighted by atomic mass is 32.2. The van der Waals surface area contributed by atoms with Gasteiger partial charge in [-0.05, 0) is 31.3 Å². The summed E-state index contributed by atoms with van der Waals surface area (Å²) in [7, 11) is 0. The molecule has 0 radical (unpaired) electrons. The van der Waals surface area contributed by atoms with Gasteiger partial charge in [-0.1, -0.05) is 13.8 Å². The third-order valence-corrected chi connectivity index (χ3v) is 4.78. The van der Waals surface area contributed by atoms with Gasteiger partial charge in [-0.2, -0.15) is 24.4 Å². The van der Waals surface area contributed by atoms with E-state index in [9.17, 15) is 19.2 Å². The molecule has 0 saturated carbocycles. The quantitative estimate of drug-likeness (QED) is 0.226. The zero-order valence-corrected chi connectivity index (χ0v) is 17.7. The Morgan fingerprint density at radius 2 is 1.63 bits per heavy atom. The number of carboxylic acid groups (broad SMARTS) is 1. The number of rotatable bonds is 12. The highest BCUT2D eigenvalue weighted by molar-refractivity contribution is 7.98. The third kappa shape index (κ3) is 9.34. The monoisotopic (exact) mass is 422 g/mol. The van der Waals surface area contributed by atoms with Crippen molar-refractivity contribution in [2.24, 2.45) is 11.7 Å². The van der Waals surface area contributed by atoms with E-state index in [1.165, 1.54) is 6.92 Å². The van der Waals surface area contributed by atoms with Crippen LogP contribution in [0.4, 0.5) is 0 Å². The van der Waals surface area contributed by atoms with E-state index in [0.717, 1.165) is 5.75 Å². The van der Waals surface area contributed by atoms with Crippen molar-refractivity contribution in [3.05, 3.63) is 0 Å². The zero-order chi connectivity index (χ0) is 21.1. The molecule has 0 bridgehead atoms. The number of carbonyl (C=O) groups is 4. The van der Waals surface area contributed by atoms with Crippen LogP contribution in [0.25, 0.3) is 0 Å². The summed E-state index contributed by atoms with van der Waals surface area (Å²) in [6.07, 6.45) is 2.38. The molecule has 0 aliphatic carbocycles. The van der Waals surface area contributed by atoms with E-state index in [-0.39, 0.29) is 11.7 Å². The summed E-state index contributed by atoms with van der Waals surface area (Å²) in [5.41, 5.74) is 5.75. The van der Waals surface area contributed by atoms with Gasteiger partial charge in [-0.3, -0.25) is 14.4 Å². The van der Waals surface area contributed by atoms with Crippen LogP contribution in [0, 0.1) is 5.92 Å². The van der Waals surface area contributed by atoms with Crippen LogP contribution < -0.4 is 21.7 Å². The molecule has 0 rings (SSSR count). The molecule has 0 heterocycles. The van der Waals surface area contributed by atoms with Gasteiger partial charge in [0.05, 0.1) is 6.04 Å². The zero-order valence-electron chi connectivity index (χ0n) is 16.0. The number of carbonyl (C=O) groups excluding carboxylic acids is 3. The first kappa shape index (κ1) is 25.5. The molecule has 0 aliphatic heterocycles. The summed E-state index contributed by atoms with van der Waals surface area (Å²) in [5, 5.41) is 16.5. The summed E-state index contributed by atoms with van der Waals surface area (Å²) in [6.45, 7) is 4.78. The second-order valence-corrected chi connectivity index (χ2v) is 7.78. The topological polar surface area (TPSA) is 151 Å². The molecule has 0 aliphatic rings. The molecule has 156 valence electrons. The van der Waals surface area contributed by atoms with Crippen molar-refractivity contribution in [1.82, 2.24) is 16.0 Å². The second kappa shape index (κ2) is 12.8. The van der Waals surface area contributed by atoms with E-state index < -0.39 is 47.9 Å². The molecule has 11 heteroatoms. The Kier molecular flexibility index (Phi) is 12.1. The lowest BCUT2D eigenvalue weighted by Crippen LogP contribution is -2.57. The largest absolute Gasteiger partial charge is 0.480 e. The van der Waals surface area contributed by atoms with Crippen LogP contribution in [0.15, 0.2) is 0 Å². The Bertz CT molecular complexity index is 533. The Hall–Kier alpha value is -1.46. The van der Waals surface area contributed by atoms with E-state index >= 15 is 0 Å². The first-order valence-corrected chi connectivity index (χ1v) is 10.6. The number of thioether (sulfide) groups is 1. The van der Waals surface area contributed by atoms with Crippen molar-refractivity contribution in [1.29, 1.82) is 0 Å². The number of hydrogen-bond donors (Lipinski definition) is 6. The number of carboxylic acids is 1. The number of amides is 3. The normalized spacial score (nSPS) is 15.4. The van der Waals surface area contributed by atoms with Gasteiger partial charge in [0.25, 0.3) is 0 Å². The van der Waals surface area contributed by atoms with Gasteiger partial charge < -0.3 is 26.8 Å². The fourth-order valence-electron chi connectivity index (χ4n) is 2.02. The first-order chi connectivity index (χ1) is 12.5. The number of nitrogens with two attached hydrogens (primary N) is 1. The van der Waals surface area contributed by atoms with E-state index in [0.29, 0.717) is 6.42 Å². The molecule has 4 atom stereocenters. The Balaban J connectivity index is 4.75. The predicted molar refractivity (Wildman–Crippen MR) is 109 cm³/mol. The van der Waals surface area contributed by atoms with Crippen LogP contribution in [0.1, 0.15) is 27.2 Å². The van der Waals surface area contributed by atoms with E-state index in [4.69, 9.17) is 10.8 Å². The molecule has 0 fully saturated rings. The molecule has 27 heavy (non-hydrogen) atoms. The average Bonchev–Trinajstić information content (AvgIpc) is 2.60. The Labute approximate surface area is 169 Å². The Morgan fingerprint density at radius 1 is 1.04 bits per heavy atom. The molecular formula is C16H30N4O5S2. The van der Waals surface area contributed by atoms with E-state index in [1.54, 1.807) is 25.6 Å². The molecule has 0 aromatic heterocycles. The van der Waals surface area contributed by atoms with Gasteiger partial charge in [-0.25, -0.2) is 4.79 Å². The lowest BCUT2D eigenvalue weighted by Gasteiger charge is -2.24. The van der Waals surface area contributed by atoms with E-state index in [2.05, 4.69) is 28.6 Å². The summed E-state index contributed by atoms with van der Waals surface area (Å²) in [4.78, 5) is 47.7. The van der Waals surface area contributed by atoms with Crippen LogP contribution >= 0.6 is 24.4 Å². The van der Waals surface area contributed by atoms with Crippen molar-refractivity contribution in [3.63, 3.8) is 0 Å². The van der Waals surface area contributed by atoms with E-state index in [1.807, 2.05) is 6.26 Å². The van der Waals surface area contributed by atoms with Gasteiger partial charge in [0, 0.05) is 5.75 Å². The summed E-state index contributed by atoms with van der Waals surface area (Å²) < 4.78 is 0. The Morgan fingerprint density at radius 3 is 2.07 bits per heavy atom. The number of hydrogen-bond acceptors (Lipinski definition) is 7. The molecule has 4 unspecified atom stereocenters. The van der Waals surface area contributed by atoms with Gasteiger partial charge in [0.1, 0.15) is 18.1 Å². The first-order valence-electron chi connectivity index (χ1n) is 8.54. The highest BCUT2D eigenvalue weighted by Crippen LogP contribution is 2.03. The molecule has 0 saturated heterocycles. The van der Waals surface area contributed by atoms with Crippen molar-refractivity contribution < 1.29 is 24.3 Å². The molecule has 3 amide bonds. The molecule has 9 nitrogen and oxygen atoms in total. The lowest BCUT2D eigenvalue weighted by atomic mass is 10.0. The van der Waals surface area contributed by atoms with Crippen molar-refractivity contribution >= 4 is 48.1 Å². The van der Waals surface area contributed by atoms with Crippen LogP contribution in [0.2, 0.25) is 0 Å².